The Bertz CT molecular complexity index is 1020. The largest absolute Gasteiger partial charge is 0.454 e. The highest BCUT2D eigenvalue weighted by molar-refractivity contribution is 9.11. The van der Waals surface area contributed by atoms with E-state index in [1.165, 1.54) is 37.9 Å². The summed E-state index contributed by atoms with van der Waals surface area (Å²) < 4.78 is 13.5. The number of allylic oxidation sites excluding steroid dienone is 2. The van der Waals surface area contributed by atoms with E-state index >= 15 is 0 Å². The summed E-state index contributed by atoms with van der Waals surface area (Å²) in [5, 5.41) is 0. The zero-order chi connectivity index (χ0) is 18.7. The van der Waals surface area contributed by atoms with Gasteiger partial charge in [-0.15, -0.1) is 0 Å². The van der Waals surface area contributed by atoms with Gasteiger partial charge in [-0.2, -0.15) is 0 Å². The van der Waals surface area contributed by atoms with Crippen LogP contribution in [0.2, 0.25) is 0 Å². The Morgan fingerprint density at radius 1 is 0.926 bits per heavy atom. The lowest BCUT2D eigenvalue weighted by Gasteiger charge is -2.20. The van der Waals surface area contributed by atoms with Gasteiger partial charge in [-0.1, -0.05) is 51.4 Å². The van der Waals surface area contributed by atoms with Crippen LogP contribution in [0, 0.1) is 0 Å². The van der Waals surface area contributed by atoms with Crippen LogP contribution in [0.15, 0.2) is 44.4 Å². The van der Waals surface area contributed by atoms with Crippen LogP contribution in [-0.4, -0.2) is 6.79 Å². The third-order valence-electron chi connectivity index (χ3n) is 6.10. The monoisotopic (exact) mass is 486 g/mol. The summed E-state index contributed by atoms with van der Waals surface area (Å²) in [4.78, 5) is 0. The van der Waals surface area contributed by atoms with Crippen molar-refractivity contribution in [2.75, 3.05) is 6.79 Å². The second-order valence-electron chi connectivity index (χ2n) is 7.63. The van der Waals surface area contributed by atoms with Gasteiger partial charge >= 0.3 is 0 Å². The molecule has 0 spiro atoms. The van der Waals surface area contributed by atoms with Gasteiger partial charge in [-0.3, -0.25) is 0 Å². The fourth-order valence-electron chi connectivity index (χ4n) is 4.73. The third kappa shape index (κ3) is 2.72. The zero-order valence-electron chi connectivity index (χ0n) is 15.3. The van der Waals surface area contributed by atoms with E-state index in [9.17, 15) is 0 Å². The van der Waals surface area contributed by atoms with E-state index in [0.29, 0.717) is 18.6 Å². The number of rotatable bonds is 3. The Morgan fingerprint density at radius 3 is 2.41 bits per heavy atom. The van der Waals surface area contributed by atoms with Crippen LogP contribution in [0.4, 0.5) is 0 Å². The van der Waals surface area contributed by atoms with Crippen molar-refractivity contribution in [3.8, 4) is 11.5 Å². The van der Waals surface area contributed by atoms with E-state index in [2.05, 4.69) is 82.1 Å². The van der Waals surface area contributed by atoms with Gasteiger partial charge < -0.3 is 9.47 Å². The Balaban J connectivity index is 1.43. The van der Waals surface area contributed by atoms with E-state index in [-0.39, 0.29) is 0 Å². The average molecular weight is 488 g/mol. The fraction of sp³-hybridized carbons (Fsp3) is 0.304. The van der Waals surface area contributed by atoms with Gasteiger partial charge in [0.05, 0.1) is 4.47 Å². The van der Waals surface area contributed by atoms with Crippen molar-refractivity contribution in [3.05, 3.63) is 66.6 Å². The lowest BCUT2D eigenvalue weighted by Crippen LogP contribution is -2.03. The predicted molar refractivity (Wildman–Crippen MR) is 116 cm³/mol. The fourth-order valence-corrected chi connectivity index (χ4v) is 5.88. The van der Waals surface area contributed by atoms with Crippen molar-refractivity contribution in [1.82, 2.24) is 0 Å². The summed E-state index contributed by atoms with van der Waals surface area (Å²) in [5.41, 5.74) is 8.30. The van der Waals surface area contributed by atoms with Crippen LogP contribution in [0.3, 0.4) is 0 Å². The van der Waals surface area contributed by atoms with Crippen LogP contribution in [0.1, 0.15) is 60.8 Å². The lowest BCUT2D eigenvalue weighted by atomic mass is 9.85. The summed E-state index contributed by atoms with van der Waals surface area (Å²) in [6, 6.07) is 8.74. The number of fused-ring (bicyclic) bond motifs is 3. The maximum atomic E-state index is 5.65. The first kappa shape index (κ1) is 17.6. The molecular weight excluding hydrogens is 468 g/mol. The summed E-state index contributed by atoms with van der Waals surface area (Å²) in [5.74, 6) is 2.65. The molecule has 2 aromatic carbocycles. The van der Waals surface area contributed by atoms with Crippen LogP contribution in [0.5, 0.6) is 11.5 Å². The molecule has 27 heavy (non-hydrogen) atoms. The first-order valence-electron chi connectivity index (χ1n) is 9.31. The Hall–Kier alpha value is -1.52. The van der Waals surface area contributed by atoms with E-state index in [1.807, 2.05) is 0 Å². The third-order valence-corrected chi connectivity index (χ3v) is 7.58. The van der Waals surface area contributed by atoms with Crippen molar-refractivity contribution in [2.45, 2.75) is 38.5 Å². The molecule has 5 rings (SSSR count). The molecule has 0 bridgehead atoms. The van der Waals surface area contributed by atoms with Crippen LogP contribution >= 0.6 is 31.9 Å². The molecule has 2 atom stereocenters. The highest BCUT2D eigenvalue weighted by Crippen LogP contribution is 2.52. The van der Waals surface area contributed by atoms with Crippen LogP contribution < -0.4 is 9.47 Å². The average Bonchev–Trinajstić information content (AvgIpc) is 3.31. The molecule has 2 nitrogen and oxygen atoms in total. The minimum Gasteiger partial charge on any atom is -0.454 e. The Morgan fingerprint density at radius 2 is 1.63 bits per heavy atom. The van der Waals surface area contributed by atoms with E-state index < -0.39 is 0 Å². The first-order valence-corrected chi connectivity index (χ1v) is 10.9. The highest BCUT2D eigenvalue weighted by atomic mass is 79.9. The van der Waals surface area contributed by atoms with Gasteiger partial charge in [0.15, 0.2) is 11.5 Å². The summed E-state index contributed by atoms with van der Waals surface area (Å²) in [6.07, 6.45) is 6.91. The van der Waals surface area contributed by atoms with Gasteiger partial charge in [0.25, 0.3) is 0 Å². The normalized spacial score (nSPS) is 21.8. The highest BCUT2D eigenvalue weighted by Gasteiger charge is 2.32. The quantitative estimate of drug-likeness (QED) is 0.448. The summed E-state index contributed by atoms with van der Waals surface area (Å²) >= 11 is 7.43. The lowest BCUT2D eigenvalue weighted by molar-refractivity contribution is 0.173. The topological polar surface area (TPSA) is 18.5 Å². The summed E-state index contributed by atoms with van der Waals surface area (Å²) in [6.45, 7) is 4.81. The van der Waals surface area contributed by atoms with Crippen molar-refractivity contribution in [3.63, 3.8) is 0 Å². The molecular formula is C23H20Br2O2. The minimum atomic E-state index is 0.307. The van der Waals surface area contributed by atoms with E-state index in [4.69, 9.17) is 9.47 Å². The molecule has 1 aliphatic heterocycles. The van der Waals surface area contributed by atoms with Crippen molar-refractivity contribution >= 4 is 44.0 Å². The molecule has 4 heteroatoms. The standard InChI is InChI=1S/C23H20Br2O2/c1-12-8-18-16(4-3-5-20(18)24)14(12)6-7-15-13(2)9-19-17(15)10-21-23(22(19)25)27-11-26-21/h3-5,8-10,14-15H,6-7,11H2,1-2H3. The number of halogens is 2. The second-order valence-corrected chi connectivity index (χ2v) is 9.28. The van der Waals surface area contributed by atoms with Gasteiger partial charge in [0.2, 0.25) is 6.79 Å². The molecule has 0 fully saturated rings. The van der Waals surface area contributed by atoms with E-state index in [0.717, 1.165) is 28.8 Å². The van der Waals surface area contributed by atoms with Gasteiger partial charge in [-0.05, 0) is 77.0 Å². The predicted octanol–water partition coefficient (Wildman–Crippen LogP) is 7.42. The molecule has 0 aromatic heterocycles. The number of hydrogen-bond acceptors (Lipinski definition) is 2. The summed E-state index contributed by atoms with van der Waals surface area (Å²) in [7, 11) is 0. The molecule has 0 saturated heterocycles. The van der Waals surface area contributed by atoms with Crippen molar-refractivity contribution in [2.24, 2.45) is 0 Å². The molecule has 0 N–H and O–H groups in total. The van der Waals surface area contributed by atoms with E-state index in [1.54, 1.807) is 0 Å². The van der Waals surface area contributed by atoms with Gasteiger partial charge in [0, 0.05) is 16.3 Å². The second kappa shape index (κ2) is 6.52. The molecule has 0 saturated carbocycles. The van der Waals surface area contributed by atoms with Crippen LogP contribution in [-0.2, 0) is 0 Å². The Kier molecular flexibility index (Phi) is 4.25. The molecule has 3 aliphatic rings. The number of hydrogen-bond donors (Lipinski definition) is 0. The molecule has 2 aromatic rings. The zero-order valence-corrected chi connectivity index (χ0v) is 18.5. The molecule has 2 unspecified atom stereocenters. The molecule has 0 radical (unpaired) electrons. The van der Waals surface area contributed by atoms with Crippen LogP contribution in [0.25, 0.3) is 12.2 Å². The number of ether oxygens (including phenoxy) is 2. The minimum absolute atomic E-state index is 0.307. The van der Waals surface area contributed by atoms with Gasteiger partial charge in [-0.25, -0.2) is 0 Å². The SMILES string of the molecule is CC1=Cc2c(Br)cccc2C1CCC1C(C)=Cc2c1cc1c(c2Br)OCO1. The Labute approximate surface area is 176 Å². The van der Waals surface area contributed by atoms with Crippen molar-refractivity contribution in [1.29, 1.82) is 0 Å². The smallest absolute Gasteiger partial charge is 0.231 e. The molecule has 0 amide bonds. The maximum absolute atomic E-state index is 5.65. The van der Waals surface area contributed by atoms with Crippen molar-refractivity contribution < 1.29 is 9.47 Å². The molecule has 2 aliphatic carbocycles. The first-order chi connectivity index (χ1) is 13.0. The molecule has 138 valence electrons. The number of benzene rings is 2. The van der Waals surface area contributed by atoms with Gasteiger partial charge in [0.1, 0.15) is 0 Å². The molecule has 1 heterocycles. The maximum Gasteiger partial charge on any atom is 0.231 e.